The van der Waals surface area contributed by atoms with Gasteiger partial charge in [-0.05, 0) is 372 Å². The fourth-order valence-electron chi connectivity index (χ4n) is 23.4. The third kappa shape index (κ3) is 10.7. The second-order valence-electron chi connectivity index (χ2n) is 38.6. The molecule has 0 saturated carbocycles. The van der Waals surface area contributed by atoms with Crippen LogP contribution in [0.4, 0.5) is 0 Å². The number of rotatable bonds is 8. The van der Waals surface area contributed by atoms with Gasteiger partial charge in [0.25, 0.3) is 0 Å². The van der Waals surface area contributed by atoms with Gasteiger partial charge in [-0.2, -0.15) is 0 Å². The molecule has 0 N–H and O–H groups in total. The summed E-state index contributed by atoms with van der Waals surface area (Å²) in [7, 11) is 0. The molecule has 0 heterocycles. The van der Waals surface area contributed by atoms with E-state index in [4.69, 9.17) is 0 Å². The Hall–Kier alpha value is -14.8. The van der Waals surface area contributed by atoms with E-state index in [2.05, 4.69) is 444 Å². The van der Waals surface area contributed by atoms with E-state index in [1.807, 2.05) is 0 Å². The van der Waals surface area contributed by atoms with Gasteiger partial charge in [0.2, 0.25) is 0 Å². The molecule has 0 fully saturated rings. The molecular weight excluding hydrogens is 1510 g/mol. The summed E-state index contributed by atoms with van der Waals surface area (Å²) < 4.78 is 0. The summed E-state index contributed by atoms with van der Waals surface area (Å²) in [5.74, 6) is 0. The summed E-state index contributed by atoms with van der Waals surface area (Å²) >= 11 is 0. The van der Waals surface area contributed by atoms with Gasteiger partial charge < -0.3 is 0 Å². The molecule has 4 aliphatic carbocycles. The lowest BCUT2D eigenvalue weighted by molar-refractivity contribution is 0.660. The van der Waals surface area contributed by atoms with Crippen LogP contribution in [0.3, 0.4) is 0 Å². The zero-order chi connectivity index (χ0) is 84.1. The van der Waals surface area contributed by atoms with Crippen molar-refractivity contribution in [1.82, 2.24) is 0 Å². The third-order valence-electron chi connectivity index (χ3n) is 30.3. The Morgan fingerprint density at radius 3 is 0.468 bits per heavy atom. The van der Waals surface area contributed by atoms with Crippen LogP contribution in [0.2, 0.25) is 0 Å². The first-order valence-corrected chi connectivity index (χ1v) is 44.9. The molecule has 22 aromatic carbocycles. The molecule has 0 atom stereocenters. The highest BCUT2D eigenvalue weighted by molar-refractivity contribution is 6.40. The summed E-state index contributed by atoms with van der Waals surface area (Å²) in [6, 6.07) is 150. The first kappa shape index (κ1) is 72.8. The van der Waals surface area contributed by atoms with Gasteiger partial charge in [0.05, 0.1) is 0 Å². The number of hydrogen-bond donors (Lipinski definition) is 0. The summed E-state index contributed by atoms with van der Waals surface area (Å²) in [6.07, 6.45) is 0. The van der Waals surface area contributed by atoms with Gasteiger partial charge in [-0.1, -0.05) is 347 Å². The van der Waals surface area contributed by atoms with Crippen LogP contribution in [0.1, 0.15) is 99.9 Å². The molecule has 126 heavy (non-hydrogen) atoms. The molecule has 4 aliphatic rings. The molecule has 0 bridgehead atoms. The quantitative estimate of drug-likeness (QED) is 0.133. The Kier molecular flexibility index (Phi) is 15.2. The normalized spacial score (nSPS) is 14.4. The van der Waals surface area contributed by atoms with Gasteiger partial charge in [0.1, 0.15) is 0 Å². The predicted molar refractivity (Wildman–Crippen MR) is 538 cm³/mol. The molecule has 0 aromatic heterocycles. The molecule has 0 aliphatic heterocycles. The number of fused-ring (bicyclic) bond motifs is 27. The van der Waals surface area contributed by atoms with Crippen molar-refractivity contribution in [3.63, 3.8) is 0 Å². The van der Waals surface area contributed by atoms with Crippen LogP contribution in [0, 0.1) is 0 Å². The van der Waals surface area contributed by atoms with Crippen LogP contribution in [0.25, 0.3) is 230 Å². The van der Waals surface area contributed by atoms with E-state index < -0.39 is 0 Å². The fourth-order valence-corrected chi connectivity index (χ4v) is 23.4. The van der Waals surface area contributed by atoms with Crippen LogP contribution in [0.5, 0.6) is 0 Å². The summed E-state index contributed by atoms with van der Waals surface area (Å²) in [6.45, 7) is 19.0. The second-order valence-corrected chi connectivity index (χ2v) is 38.6. The Morgan fingerprint density at radius 1 is 0.119 bits per heavy atom. The van der Waals surface area contributed by atoms with Gasteiger partial charge in [0.15, 0.2) is 0 Å². The molecule has 0 unspecified atom stereocenters. The largest absolute Gasteiger partial charge is 0.0619 e. The van der Waals surface area contributed by atoms with Gasteiger partial charge in [-0.3, -0.25) is 0 Å². The van der Waals surface area contributed by atoms with E-state index in [9.17, 15) is 0 Å². The molecule has 22 aromatic rings. The minimum atomic E-state index is -0.0820. The zero-order valence-corrected chi connectivity index (χ0v) is 72.0. The topological polar surface area (TPSA) is 0 Å². The van der Waals surface area contributed by atoms with Crippen LogP contribution < -0.4 is 0 Å². The second kappa shape index (κ2) is 26.4. The van der Waals surface area contributed by atoms with E-state index in [1.54, 1.807) is 0 Å². The van der Waals surface area contributed by atoms with Crippen molar-refractivity contribution in [2.24, 2.45) is 0 Å². The minimum Gasteiger partial charge on any atom is -0.0619 e. The SMILES string of the molecule is CC1(C)c2ccccc2-c2ccc(-c3ccc4cc(-c5ccc6c7ccc(-c8ccc9cc(-c%10ccc%11c(c%10)C(C)(C)c%10ccccc%10-%11)ccc9c8)cc7c7c8cc(-c9ccc%10cc(-c%11ccc%12c(c%11)C(C)(C)c%11ccccc%11-%12)ccc%10c9)ccc8c8ccc(-c9ccc%10cc(-c%11ccc%12c(c%11)C(C)(C)c%11ccccc%11-%12)ccc%10c9)cc8c7c6c5)ccc4c3)cc21. The molecule has 0 heteroatoms. The Labute approximate surface area is 735 Å². The molecule has 0 amide bonds. The monoisotopic (exact) mass is 1600 g/mol. The standard InChI is InChI=1S/C126H88/c1-123(2)113-21-13-9-17-101(113)105-53-45-93(69-117(105)123)85-37-29-73-57-81(33-25-77(73)61-85)89-41-49-97-98-50-42-91(83-35-27-79-63-87(39-31-75(79)59-83)95-47-55-107-103-19-11-15-23-115(103)125(5,6)119(107)71-95)67-111(98)122-112-68-92(84-36-28-80-64-88(40-32-76(80)60-84)96-48-56-108-104-20-12-16-24-116(104)126(7,8)120(108)72-96)44-52-100(112)99-51-43-90(66-110(99)121(122)109(97)65-89)82-34-26-78-62-86(38-30-74(78)58-82)94-46-54-106-102-18-10-14-22-114(102)124(3,4)118(106)70-94/h9-72H,1-8H3. The zero-order valence-electron chi connectivity index (χ0n) is 72.0. The lowest BCUT2D eigenvalue weighted by atomic mass is 9.81. The third-order valence-corrected chi connectivity index (χ3v) is 30.3. The molecule has 26 rings (SSSR count). The maximum atomic E-state index is 2.53. The van der Waals surface area contributed by atoms with Crippen molar-refractivity contribution >= 4 is 97.0 Å². The van der Waals surface area contributed by atoms with Gasteiger partial charge in [0, 0.05) is 21.7 Å². The smallest absolute Gasteiger partial charge is 0.0159 e. The van der Waals surface area contributed by atoms with Crippen molar-refractivity contribution < 1.29 is 0 Å². The van der Waals surface area contributed by atoms with Crippen molar-refractivity contribution in [2.45, 2.75) is 77.0 Å². The van der Waals surface area contributed by atoms with Crippen LogP contribution in [-0.4, -0.2) is 0 Å². The minimum absolute atomic E-state index is 0.0820. The van der Waals surface area contributed by atoms with E-state index in [-0.39, 0.29) is 21.7 Å². The van der Waals surface area contributed by atoms with Crippen molar-refractivity contribution in [1.29, 1.82) is 0 Å². The lowest BCUT2D eigenvalue weighted by Gasteiger charge is -2.22. The highest BCUT2D eigenvalue weighted by Crippen LogP contribution is 2.56. The molecule has 0 saturated heterocycles. The molecule has 0 radical (unpaired) electrons. The fraction of sp³-hybridized carbons (Fsp3) is 0.0952. The first-order chi connectivity index (χ1) is 61.4. The molecule has 592 valence electrons. The number of hydrogen-bond acceptors (Lipinski definition) is 0. The average molecular weight is 1600 g/mol. The first-order valence-electron chi connectivity index (χ1n) is 44.9. The van der Waals surface area contributed by atoms with Gasteiger partial charge in [-0.25, -0.2) is 0 Å². The maximum Gasteiger partial charge on any atom is 0.0159 e. The van der Waals surface area contributed by atoms with E-state index in [0.29, 0.717) is 0 Å². The average Bonchev–Trinajstić information content (AvgIpc) is 1.14. The Balaban J connectivity index is 0.648. The Morgan fingerprint density at radius 2 is 0.270 bits per heavy atom. The maximum absolute atomic E-state index is 2.53. The molecule has 0 spiro atoms. The highest BCUT2D eigenvalue weighted by atomic mass is 14.4. The van der Waals surface area contributed by atoms with Gasteiger partial charge in [-0.15, -0.1) is 0 Å². The lowest BCUT2D eigenvalue weighted by Crippen LogP contribution is -2.14. The van der Waals surface area contributed by atoms with Crippen LogP contribution >= 0.6 is 0 Å². The Bertz CT molecular complexity index is 7640. The highest BCUT2D eigenvalue weighted by Gasteiger charge is 2.40. The van der Waals surface area contributed by atoms with E-state index >= 15 is 0 Å². The summed E-state index contributed by atoms with van der Waals surface area (Å²) in [4.78, 5) is 0. The van der Waals surface area contributed by atoms with E-state index in [1.165, 1.54) is 275 Å². The summed E-state index contributed by atoms with van der Waals surface area (Å²) in [5, 5.41) is 22.1. The van der Waals surface area contributed by atoms with Crippen molar-refractivity contribution in [2.75, 3.05) is 0 Å². The molecular formula is C126H88. The van der Waals surface area contributed by atoms with Crippen LogP contribution in [-0.2, 0) is 21.7 Å². The molecule has 0 nitrogen and oxygen atoms in total. The van der Waals surface area contributed by atoms with Crippen LogP contribution in [0.15, 0.2) is 388 Å². The predicted octanol–water partition coefficient (Wildman–Crippen LogP) is 34.6. The van der Waals surface area contributed by atoms with Crippen molar-refractivity contribution in [3.05, 3.63) is 433 Å². The van der Waals surface area contributed by atoms with Crippen molar-refractivity contribution in [3.8, 4) is 134 Å². The number of benzene rings is 22. The van der Waals surface area contributed by atoms with Gasteiger partial charge >= 0.3 is 0 Å². The van der Waals surface area contributed by atoms with E-state index in [0.717, 1.165) is 0 Å². The summed E-state index contributed by atoms with van der Waals surface area (Å²) in [5.41, 5.74) is 41.0.